The fourth-order valence-corrected chi connectivity index (χ4v) is 17.3. The summed E-state index contributed by atoms with van der Waals surface area (Å²) in [4.78, 5) is 81.8. The molecule has 6 aromatic rings. The van der Waals surface area contributed by atoms with Gasteiger partial charge in [0.2, 0.25) is 0 Å². The van der Waals surface area contributed by atoms with Crippen LogP contribution in [0.4, 0.5) is 34.1 Å². The molecular weight excluding hydrogens is 1520 g/mol. The summed E-state index contributed by atoms with van der Waals surface area (Å²) in [5, 5.41) is 12.4. The first-order valence-corrected chi connectivity index (χ1v) is 37.1. The minimum atomic E-state index is -0.196. The van der Waals surface area contributed by atoms with Crippen LogP contribution in [0.5, 0.6) is 0 Å². The zero-order valence-electron chi connectivity index (χ0n) is 53.3. The molecule has 0 saturated heterocycles. The number of carbonyl (C=O) groups is 6. The normalized spacial score (nSPS) is 12.4. The Bertz CT molecular complexity index is 3470. The fraction of sp³-hybridized carbons (Fsp3) is 0.408. The fourth-order valence-electron chi connectivity index (χ4n) is 10.9. The third-order valence-electron chi connectivity index (χ3n) is 16.0. The van der Waals surface area contributed by atoms with Gasteiger partial charge in [-0.2, -0.15) is 0 Å². The van der Waals surface area contributed by atoms with Crippen molar-refractivity contribution in [3.63, 3.8) is 0 Å². The van der Waals surface area contributed by atoms with Crippen LogP contribution in [0.15, 0.2) is 91.0 Å². The average Bonchev–Trinajstić information content (AvgIpc) is 0.759. The number of aryl methyl sites for hydroxylation is 3. The van der Waals surface area contributed by atoms with Gasteiger partial charge >= 0.3 is 0 Å². The highest BCUT2D eigenvalue weighted by Gasteiger charge is 2.37. The molecule has 0 radical (unpaired) electrons. The van der Waals surface area contributed by atoms with Crippen LogP contribution in [0.1, 0.15) is 154 Å². The van der Waals surface area contributed by atoms with Gasteiger partial charge in [-0.3, -0.25) is 28.8 Å². The lowest BCUT2D eigenvalue weighted by atomic mass is 9.81. The zero-order valence-corrected chi connectivity index (χ0v) is 63.0. The van der Waals surface area contributed by atoms with Gasteiger partial charge in [0.25, 0.3) is 0 Å². The summed E-state index contributed by atoms with van der Waals surface area (Å²) < 4.78 is 1.77. The Balaban J connectivity index is 0.000000658. The van der Waals surface area contributed by atoms with Crippen LogP contribution >= 0.6 is 75.0 Å². The summed E-state index contributed by atoms with van der Waals surface area (Å²) >= 11 is 6.71. The number of ketones is 6. The number of alkyl halides is 2. The number of nitrogens with two attached hydrogens (primary N) is 3. The van der Waals surface area contributed by atoms with E-state index in [0.29, 0.717) is 114 Å². The standard InChI is InChI=1S/C44H52N6O4S2.C20H23N3O2.C4H8Br2S2.3CH4.2BrH/c1-27-25-33(35-37(39(27)45)43(53)31-15-9-7-13-29(31)41(35)51)47-17-11-19-49(3,4)21-23-55-56-24-22-50(5,6)20-12-18-48-34-26-28(2)40(46)38-36(34)42(52)30-14-8-10-16-32(30)44(38)54;1-12-11-15(22-9-6-10-23(2)3)16-17(18(12)21)20(25)14-8-5-4-7-13(14)19(16)24;5-1-3-7-8-4-2-6;;;;;/h7-10,13-16,25-26H,11-12,17-24H2,1-6H3,(H4-2,45,46,47,48,51,52,53,54);4-5,7-8,11,22H,6,9-10,21H2,1-3H3;1-4H2;3*1H4;2*1H. The number of nitrogens with one attached hydrogen (secondary N) is 3. The Labute approximate surface area is 613 Å². The van der Waals surface area contributed by atoms with Crippen molar-refractivity contribution >= 4 is 144 Å². The number of nitrogen functional groups attached to an aromatic ring is 3. The molecule has 0 atom stereocenters. The predicted molar refractivity (Wildman–Crippen MR) is 406 cm³/mol. The van der Waals surface area contributed by atoms with Gasteiger partial charge in [0.1, 0.15) is 0 Å². The van der Waals surface area contributed by atoms with E-state index in [0.717, 1.165) is 106 Å². The maximum Gasteiger partial charge on any atom is 0.196 e. The predicted octanol–water partition coefficient (Wildman–Crippen LogP) is 8.65. The van der Waals surface area contributed by atoms with Crippen LogP contribution < -0.4 is 67.1 Å². The lowest BCUT2D eigenvalue weighted by Crippen LogP contribution is -3.00. The summed E-state index contributed by atoms with van der Waals surface area (Å²) in [6.07, 6.45) is 2.75. The van der Waals surface area contributed by atoms with Crippen LogP contribution in [-0.4, -0.2) is 177 Å². The highest BCUT2D eigenvalue weighted by atomic mass is 79.9. The SMILES string of the molecule is BrCCSSCCBr.C.C.C.Cc1cc(NCCCN(C)C)c2c(c1N)C(=O)c1ccccc1C2=O.Cc1cc(NCCC[N+](C)(C)CCSSCC[N+](C)(C)CCCNc2cc(C)c(N)c3c2C(=O)c2ccccc2C3=O)c2c(c1N)C(=O)c1ccccc1C2=O.[Br-].[Br-]. The van der Waals surface area contributed by atoms with Gasteiger partial charge in [-0.15, -0.1) is 0 Å². The summed E-state index contributed by atoms with van der Waals surface area (Å²) in [6.45, 7) is 12.6. The minimum Gasteiger partial charge on any atom is -1.00 e. The molecule has 0 saturated carbocycles. The van der Waals surface area contributed by atoms with Crippen molar-refractivity contribution in [2.45, 2.75) is 62.3 Å². The van der Waals surface area contributed by atoms with Crippen LogP contribution in [-0.2, 0) is 0 Å². The molecule has 9 rings (SSSR count). The van der Waals surface area contributed by atoms with E-state index in [2.05, 4.69) is 80.9 Å². The minimum absolute atomic E-state index is 0. The van der Waals surface area contributed by atoms with Crippen molar-refractivity contribution in [1.29, 1.82) is 0 Å². The van der Waals surface area contributed by atoms with Crippen LogP contribution in [0, 0.1) is 20.8 Å². The molecule has 0 aromatic heterocycles. The van der Waals surface area contributed by atoms with E-state index in [1.165, 1.54) is 11.5 Å². The maximum atomic E-state index is 13.5. The molecule has 0 heterocycles. The Morgan fingerprint density at radius 3 is 0.904 bits per heavy atom. The quantitative estimate of drug-likeness (QED) is 0.00933. The molecule has 6 aromatic carbocycles. The van der Waals surface area contributed by atoms with E-state index in [4.69, 9.17) is 17.2 Å². The highest BCUT2D eigenvalue weighted by molar-refractivity contribution is 9.09. The molecule has 514 valence electrons. The average molecular weight is 1620 g/mol. The number of halogens is 4. The number of fused-ring (bicyclic) bond motifs is 6. The molecule has 0 unspecified atom stereocenters. The van der Waals surface area contributed by atoms with E-state index in [1.54, 1.807) is 72.8 Å². The highest BCUT2D eigenvalue weighted by Crippen LogP contribution is 2.41. The van der Waals surface area contributed by atoms with Gasteiger partial charge in [-0.25, -0.2) is 0 Å². The van der Waals surface area contributed by atoms with Gasteiger partial charge in [0.15, 0.2) is 34.7 Å². The van der Waals surface area contributed by atoms with Gasteiger partial charge in [0.05, 0.1) is 99.3 Å². The van der Waals surface area contributed by atoms with Crippen LogP contribution in [0.25, 0.3) is 0 Å². The Morgan fingerprint density at radius 1 is 0.404 bits per heavy atom. The Kier molecular flexibility index (Phi) is 36.0. The van der Waals surface area contributed by atoms with Crippen LogP contribution in [0.3, 0.4) is 0 Å². The number of hydrogen-bond donors (Lipinski definition) is 6. The van der Waals surface area contributed by atoms with E-state index >= 15 is 0 Å². The van der Waals surface area contributed by atoms with Crippen LogP contribution in [0.2, 0.25) is 0 Å². The van der Waals surface area contributed by atoms with Gasteiger partial charge in [-0.1, -0.05) is 170 Å². The molecule has 0 spiro atoms. The van der Waals surface area contributed by atoms with Crippen molar-refractivity contribution in [2.75, 3.05) is 161 Å². The number of carbonyl (C=O) groups excluding carboxylic acids is 6. The molecule has 3 aliphatic rings. The molecular formula is C71H97Br4N9O6S4. The second kappa shape index (κ2) is 39.7. The summed E-state index contributed by atoms with van der Waals surface area (Å²) in [6, 6.07) is 26.5. The van der Waals surface area contributed by atoms with E-state index in [1.807, 2.05) is 96.2 Å². The summed E-state index contributed by atoms with van der Waals surface area (Å²) in [5.41, 5.74) is 29.1. The molecule has 0 bridgehead atoms. The van der Waals surface area contributed by atoms with Crippen molar-refractivity contribution in [3.8, 4) is 0 Å². The van der Waals surface area contributed by atoms with Crippen molar-refractivity contribution < 1.29 is 71.7 Å². The monoisotopic (exact) mass is 1620 g/mol. The van der Waals surface area contributed by atoms with Gasteiger partial charge < -0.3 is 81.0 Å². The third kappa shape index (κ3) is 21.2. The Morgan fingerprint density at radius 2 is 0.649 bits per heavy atom. The smallest absolute Gasteiger partial charge is 0.196 e. The zero-order chi connectivity index (χ0) is 64.7. The molecule has 23 heteroatoms. The van der Waals surface area contributed by atoms with E-state index in [-0.39, 0.29) is 90.9 Å². The number of rotatable bonds is 27. The molecule has 0 fully saturated rings. The molecule has 3 aliphatic carbocycles. The second-order valence-corrected chi connectivity index (χ2v) is 30.9. The molecule has 94 heavy (non-hydrogen) atoms. The summed E-state index contributed by atoms with van der Waals surface area (Å²) in [7, 11) is 20.7. The maximum absolute atomic E-state index is 13.5. The molecule has 0 aliphatic heterocycles. The third-order valence-corrected chi connectivity index (χ3v) is 22.6. The lowest BCUT2D eigenvalue weighted by Gasteiger charge is -2.31. The number of anilines is 6. The van der Waals surface area contributed by atoms with Gasteiger partial charge in [0, 0.05) is 122 Å². The van der Waals surface area contributed by atoms with E-state index < -0.39 is 0 Å². The summed E-state index contributed by atoms with van der Waals surface area (Å²) in [5.74, 6) is 3.45. The number of nitrogens with zero attached hydrogens (tertiary/aromatic N) is 3. The molecule has 9 N–H and O–H groups in total. The van der Waals surface area contributed by atoms with Crippen molar-refractivity contribution in [3.05, 3.63) is 174 Å². The Hall–Kier alpha value is -4.66. The van der Waals surface area contributed by atoms with Crippen molar-refractivity contribution in [1.82, 2.24) is 4.90 Å². The lowest BCUT2D eigenvalue weighted by molar-refractivity contribution is -0.887. The largest absolute Gasteiger partial charge is 1.00 e. The van der Waals surface area contributed by atoms with E-state index in [9.17, 15) is 28.8 Å². The molecule has 15 nitrogen and oxygen atoms in total. The first kappa shape index (κ1) is 85.4. The van der Waals surface area contributed by atoms with Crippen molar-refractivity contribution in [2.24, 2.45) is 0 Å². The number of hydrogen-bond acceptors (Lipinski definition) is 17. The van der Waals surface area contributed by atoms with Gasteiger partial charge in [-0.05, 0) is 82.7 Å². The first-order valence-electron chi connectivity index (χ1n) is 29.9. The second-order valence-electron chi connectivity index (χ2n) is 23.9. The molecule has 0 amide bonds. The number of benzene rings is 6. The number of quaternary nitrogens is 2. The first-order chi connectivity index (χ1) is 42.4. The topological polar surface area (TPSA) is 220 Å².